The Balaban J connectivity index is 2.10. The molecule has 2 rings (SSSR count). The highest BCUT2D eigenvalue weighted by atomic mass is 35.5. The van der Waals surface area contributed by atoms with Crippen LogP contribution in [-0.4, -0.2) is 17.4 Å². The van der Waals surface area contributed by atoms with E-state index in [0.717, 1.165) is 0 Å². The van der Waals surface area contributed by atoms with E-state index in [1.165, 1.54) is 24.3 Å². The van der Waals surface area contributed by atoms with E-state index < -0.39 is 17.4 Å². The lowest BCUT2D eigenvalue weighted by Gasteiger charge is -2.11. The number of rotatable bonds is 5. The summed E-state index contributed by atoms with van der Waals surface area (Å²) in [5, 5.41) is 14.2. The molecule has 0 aliphatic heterocycles. The van der Waals surface area contributed by atoms with Gasteiger partial charge in [0, 0.05) is 12.1 Å². The molecule has 6 nitrogen and oxygen atoms in total. The van der Waals surface area contributed by atoms with Crippen molar-refractivity contribution >= 4 is 52.1 Å². The summed E-state index contributed by atoms with van der Waals surface area (Å²) in [7, 11) is 0. The largest absolute Gasteiger partial charge is 0.482 e. The Labute approximate surface area is 152 Å². The van der Waals surface area contributed by atoms with E-state index in [0.29, 0.717) is 5.56 Å². The maximum absolute atomic E-state index is 12.0. The average Bonchev–Trinajstić information content (AvgIpc) is 2.51. The summed E-state index contributed by atoms with van der Waals surface area (Å²) in [5.41, 5.74) is 0.484. The molecule has 0 aromatic heterocycles. The zero-order valence-corrected chi connectivity index (χ0v) is 14.6. The van der Waals surface area contributed by atoms with Crippen molar-refractivity contribution in [3.8, 4) is 5.75 Å². The van der Waals surface area contributed by atoms with Crippen molar-refractivity contribution in [2.24, 2.45) is 0 Å². The van der Waals surface area contributed by atoms with E-state index in [1.54, 1.807) is 13.0 Å². The number of carbonyl (C=O) groups is 1. The zero-order chi connectivity index (χ0) is 17.9. The van der Waals surface area contributed by atoms with Crippen molar-refractivity contribution in [1.29, 1.82) is 0 Å². The van der Waals surface area contributed by atoms with Gasteiger partial charge in [-0.1, -0.05) is 46.9 Å². The molecule has 2 aromatic carbocycles. The first-order valence-electron chi connectivity index (χ1n) is 6.60. The second kappa shape index (κ2) is 7.70. The van der Waals surface area contributed by atoms with Gasteiger partial charge in [0.05, 0.1) is 20.0 Å². The molecule has 0 saturated heterocycles. The zero-order valence-electron chi connectivity index (χ0n) is 12.3. The standard InChI is InChI=1S/C15H11Cl3N2O4/c1-8-3-2-4-12(20(22)23)15(8)19-14(21)7-24-13-6-10(17)9(16)5-11(13)18/h2-6H,7H2,1H3,(H,19,21). The first-order valence-corrected chi connectivity index (χ1v) is 7.74. The van der Waals surface area contributed by atoms with Crippen LogP contribution in [-0.2, 0) is 4.79 Å². The third-order valence-corrected chi connectivity index (χ3v) is 4.06. The lowest BCUT2D eigenvalue weighted by atomic mass is 10.1. The minimum absolute atomic E-state index is 0.122. The van der Waals surface area contributed by atoms with Crippen LogP contribution in [0.4, 0.5) is 11.4 Å². The number of carbonyl (C=O) groups excluding carboxylic acids is 1. The number of ether oxygens (including phenoxy) is 1. The molecule has 24 heavy (non-hydrogen) atoms. The number of hydrogen-bond donors (Lipinski definition) is 1. The molecule has 126 valence electrons. The minimum atomic E-state index is -0.575. The van der Waals surface area contributed by atoms with Gasteiger partial charge >= 0.3 is 0 Å². The molecule has 1 N–H and O–H groups in total. The summed E-state index contributed by atoms with van der Waals surface area (Å²) in [6.45, 7) is 1.25. The molecule has 0 unspecified atom stereocenters. The molecule has 0 heterocycles. The van der Waals surface area contributed by atoms with Gasteiger partial charge in [0.15, 0.2) is 6.61 Å². The third-order valence-electron chi connectivity index (χ3n) is 3.05. The Morgan fingerprint density at radius 2 is 1.88 bits per heavy atom. The van der Waals surface area contributed by atoms with E-state index >= 15 is 0 Å². The van der Waals surface area contributed by atoms with Crippen molar-refractivity contribution < 1.29 is 14.5 Å². The summed E-state index contributed by atoms with van der Waals surface area (Å²) in [6.07, 6.45) is 0. The molecule has 0 aliphatic carbocycles. The van der Waals surface area contributed by atoms with Gasteiger partial charge in [-0.3, -0.25) is 14.9 Å². The Kier molecular flexibility index (Phi) is 5.88. The Bertz CT molecular complexity index is 812. The summed E-state index contributed by atoms with van der Waals surface area (Å²) >= 11 is 17.6. The number of hydrogen-bond acceptors (Lipinski definition) is 4. The van der Waals surface area contributed by atoms with E-state index in [4.69, 9.17) is 39.5 Å². The van der Waals surface area contributed by atoms with Gasteiger partial charge in [-0.15, -0.1) is 0 Å². The first-order chi connectivity index (χ1) is 11.3. The van der Waals surface area contributed by atoms with Crippen LogP contribution in [0.15, 0.2) is 30.3 Å². The van der Waals surface area contributed by atoms with E-state index in [-0.39, 0.29) is 32.2 Å². The summed E-state index contributed by atoms with van der Waals surface area (Å²) < 4.78 is 5.29. The molecule has 0 saturated carbocycles. The topological polar surface area (TPSA) is 81.5 Å². The molecule has 2 aromatic rings. The van der Waals surface area contributed by atoms with Crippen LogP contribution < -0.4 is 10.1 Å². The monoisotopic (exact) mass is 388 g/mol. The number of nitrogens with zero attached hydrogens (tertiary/aromatic N) is 1. The number of nitro benzene ring substituents is 1. The second-order valence-corrected chi connectivity index (χ2v) is 5.98. The van der Waals surface area contributed by atoms with Crippen LogP contribution in [0.25, 0.3) is 0 Å². The Morgan fingerprint density at radius 1 is 1.21 bits per heavy atom. The van der Waals surface area contributed by atoms with E-state index in [2.05, 4.69) is 5.32 Å². The number of para-hydroxylation sites is 1. The number of nitro groups is 1. The van der Waals surface area contributed by atoms with Gasteiger partial charge < -0.3 is 10.1 Å². The Hall–Kier alpha value is -2.02. The molecule has 0 radical (unpaired) electrons. The van der Waals surface area contributed by atoms with Crippen molar-refractivity contribution in [1.82, 2.24) is 0 Å². The number of nitrogens with one attached hydrogen (secondary N) is 1. The summed E-state index contributed by atoms with van der Waals surface area (Å²) in [4.78, 5) is 22.5. The fourth-order valence-electron chi connectivity index (χ4n) is 1.90. The van der Waals surface area contributed by atoms with Crippen LogP contribution in [0.2, 0.25) is 15.1 Å². The molecule has 0 fully saturated rings. The number of anilines is 1. The van der Waals surface area contributed by atoms with Crippen LogP contribution in [0, 0.1) is 17.0 Å². The van der Waals surface area contributed by atoms with Crippen molar-refractivity contribution in [2.45, 2.75) is 6.92 Å². The van der Waals surface area contributed by atoms with E-state index in [9.17, 15) is 14.9 Å². The minimum Gasteiger partial charge on any atom is -0.482 e. The molecular weight excluding hydrogens is 379 g/mol. The summed E-state index contributed by atoms with van der Waals surface area (Å²) in [6, 6.07) is 7.27. The number of amides is 1. The number of aryl methyl sites for hydroxylation is 1. The highest BCUT2D eigenvalue weighted by Crippen LogP contribution is 2.34. The van der Waals surface area contributed by atoms with Crippen molar-refractivity contribution in [3.05, 3.63) is 61.1 Å². The fourth-order valence-corrected chi connectivity index (χ4v) is 2.49. The molecule has 0 bridgehead atoms. The van der Waals surface area contributed by atoms with Crippen LogP contribution in [0.1, 0.15) is 5.56 Å². The summed E-state index contributed by atoms with van der Waals surface area (Å²) in [5.74, 6) is -0.393. The predicted octanol–water partition coefficient (Wildman–Crippen LogP) is 4.88. The van der Waals surface area contributed by atoms with Gasteiger partial charge in [-0.05, 0) is 18.6 Å². The highest BCUT2D eigenvalue weighted by molar-refractivity contribution is 6.43. The van der Waals surface area contributed by atoms with Crippen LogP contribution >= 0.6 is 34.8 Å². The molecule has 1 amide bonds. The molecular formula is C15H11Cl3N2O4. The second-order valence-electron chi connectivity index (χ2n) is 4.76. The average molecular weight is 390 g/mol. The van der Waals surface area contributed by atoms with Crippen LogP contribution in [0.5, 0.6) is 5.75 Å². The van der Waals surface area contributed by atoms with Gasteiger partial charge in [0.1, 0.15) is 11.4 Å². The fraction of sp³-hybridized carbons (Fsp3) is 0.133. The predicted molar refractivity (Wildman–Crippen MR) is 93.4 cm³/mol. The van der Waals surface area contributed by atoms with Gasteiger partial charge in [-0.25, -0.2) is 0 Å². The third kappa shape index (κ3) is 4.29. The molecule has 9 heteroatoms. The van der Waals surface area contributed by atoms with Gasteiger partial charge in [0.25, 0.3) is 11.6 Å². The smallest absolute Gasteiger partial charge is 0.293 e. The lowest BCUT2D eigenvalue weighted by molar-refractivity contribution is -0.384. The maximum atomic E-state index is 12.0. The van der Waals surface area contributed by atoms with Gasteiger partial charge in [0.2, 0.25) is 0 Å². The number of halogens is 3. The van der Waals surface area contributed by atoms with E-state index in [1.807, 2.05) is 0 Å². The molecule has 0 aliphatic rings. The normalized spacial score (nSPS) is 10.3. The maximum Gasteiger partial charge on any atom is 0.293 e. The quantitative estimate of drug-likeness (QED) is 0.449. The van der Waals surface area contributed by atoms with Gasteiger partial charge in [-0.2, -0.15) is 0 Å². The van der Waals surface area contributed by atoms with Crippen molar-refractivity contribution in [2.75, 3.05) is 11.9 Å². The Morgan fingerprint density at radius 3 is 2.54 bits per heavy atom. The highest BCUT2D eigenvalue weighted by Gasteiger charge is 2.18. The number of benzene rings is 2. The molecule has 0 atom stereocenters. The van der Waals surface area contributed by atoms with Crippen LogP contribution in [0.3, 0.4) is 0 Å². The van der Waals surface area contributed by atoms with Crippen molar-refractivity contribution in [3.63, 3.8) is 0 Å². The lowest BCUT2D eigenvalue weighted by Crippen LogP contribution is -2.21. The first kappa shape index (κ1) is 18.3. The molecule has 0 spiro atoms. The SMILES string of the molecule is Cc1cccc([N+](=O)[O-])c1NC(=O)COc1cc(Cl)c(Cl)cc1Cl.